The van der Waals surface area contributed by atoms with Gasteiger partial charge >= 0.3 is 5.69 Å². The zero-order valence-electron chi connectivity index (χ0n) is 15.3. The topological polar surface area (TPSA) is 97.3 Å². The maximum absolute atomic E-state index is 11.7. The molecule has 0 atom stereocenters. The predicted octanol–water partition coefficient (Wildman–Crippen LogP) is 4.61. The summed E-state index contributed by atoms with van der Waals surface area (Å²) in [6, 6.07) is 19.4. The molecule has 4 rings (SSSR count). The number of anilines is 3. The van der Waals surface area contributed by atoms with Crippen molar-refractivity contribution >= 4 is 33.8 Å². The monoisotopic (exact) mass is 375 g/mol. The summed E-state index contributed by atoms with van der Waals surface area (Å²) in [5.74, 6) is 0. The van der Waals surface area contributed by atoms with Crippen LogP contribution in [0.15, 0.2) is 65.3 Å². The fourth-order valence-electron chi connectivity index (χ4n) is 3.07. The second-order valence-corrected chi connectivity index (χ2v) is 6.47. The van der Waals surface area contributed by atoms with Crippen LogP contribution in [-0.4, -0.2) is 29.3 Å². The van der Waals surface area contributed by atoms with Crippen molar-refractivity contribution in [1.29, 1.82) is 0 Å². The Morgan fingerprint density at radius 1 is 0.964 bits per heavy atom. The van der Waals surface area contributed by atoms with E-state index in [2.05, 4.69) is 15.6 Å². The number of hydrogen-bond acceptors (Lipinski definition) is 7. The molecule has 1 aromatic heterocycles. The summed E-state index contributed by atoms with van der Waals surface area (Å²) in [7, 11) is 3.65. The van der Waals surface area contributed by atoms with E-state index in [4.69, 9.17) is 4.63 Å². The number of nitrogens with one attached hydrogen (secondary N) is 1. The minimum absolute atomic E-state index is 0.111. The Balaban J connectivity index is 1.75. The van der Waals surface area contributed by atoms with E-state index in [1.807, 2.05) is 68.7 Å². The molecule has 0 unspecified atom stereocenters. The summed E-state index contributed by atoms with van der Waals surface area (Å²) in [4.78, 5) is 13.0. The standard InChI is InChI=1S/C20H17N5O3/c1-24(2)17-12-16(20(25(26)27)19-18(17)22-28-23-19)21-15-10-8-14(9-11-15)13-6-4-3-5-7-13/h3-12,21H,1-2H3. The van der Waals surface area contributed by atoms with Crippen LogP contribution in [0.3, 0.4) is 0 Å². The van der Waals surface area contributed by atoms with Crippen LogP contribution in [0.1, 0.15) is 0 Å². The Morgan fingerprint density at radius 3 is 2.25 bits per heavy atom. The van der Waals surface area contributed by atoms with Crippen molar-refractivity contribution in [3.8, 4) is 11.1 Å². The van der Waals surface area contributed by atoms with Crippen LogP contribution in [0.5, 0.6) is 0 Å². The number of nitro benzene ring substituents is 1. The van der Waals surface area contributed by atoms with E-state index in [1.165, 1.54) is 0 Å². The van der Waals surface area contributed by atoms with Gasteiger partial charge in [-0.2, -0.15) is 0 Å². The first kappa shape index (κ1) is 17.5. The van der Waals surface area contributed by atoms with E-state index in [0.717, 1.165) is 16.8 Å². The third-order valence-electron chi connectivity index (χ3n) is 4.43. The van der Waals surface area contributed by atoms with E-state index in [-0.39, 0.29) is 11.2 Å². The minimum atomic E-state index is -0.480. The van der Waals surface area contributed by atoms with E-state index in [9.17, 15) is 10.1 Å². The molecule has 0 fully saturated rings. The number of aromatic nitrogens is 2. The molecule has 0 saturated heterocycles. The first-order valence-corrected chi connectivity index (χ1v) is 8.58. The summed E-state index contributed by atoms with van der Waals surface area (Å²) < 4.78 is 4.76. The van der Waals surface area contributed by atoms with E-state index < -0.39 is 4.92 Å². The molecule has 140 valence electrons. The van der Waals surface area contributed by atoms with Crippen LogP contribution in [-0.2, 0) is 0 Å². The predicted molar refractivity (Wildman–Crippen MR) is 108 cm³/mol. The molecule has 1 N–H and O–H groups in total. The van der Waals surface area contributed by atoms with Crippen LogP contribution in [0.4, 0.5) is 22.7 Å². The average molecular weight is 375 g/mol. The first-order valence-electron chi connectivity index (χ1n) is 8.58. The molecule has 28 heavy (non-hydrogen) atoms. The molecule has 1 heterocycles. The molecule has 0 aliphatic carbocycles. The van der Waals surface area contributed by atoms with Crippen LogP contribution < -0.4 is 10.2 Å². The highest BCUT2D eigenvalue weighted by Crippen LogP contribution is 2.39. The second kappa shape index (κ2) is 6.99. The zero-order chi connectivity index (χ0) is 19.7. The molecule has 0 saturated carbocycles. The number of benzene rings is 3. The molecule has 0 bridgehead atoms. The molecule has 0 radical (unpaired) electrons. The van der Waals surface area contributed by atoms with Crippen molar-refractivity contribution in [1.82, 2.24) is 10.3 Å². The molecular formula is C20H17N5O3. The smallest absolute Gasteiger partial charge is 0.324 e. The van der Waals surface area contributed by atoms with E-state index in [1.54, 1.807) is 11.0 Å². The lowest BCUT2D eigenvalue weighted by Crippen LogP contribution is -2.10. The van der Waals surface area contributed by atoms with E-state index in [0.29, 0.717) is 16.9 Å². The summed E-state index contributed by atoms with van der Waals surface area (Å²) in [5.41, 5.74) is 4.17. The minimum Gasteiger partial charge on any atom is -0.376 e. The average Bonchev–Trinajstić information content (AvgIpc) is 3.17. The second-order valence-electron chi connectivity index (χ2n) is 6.47. The number of nitrogens with zero attached hydrogens (tertiary/aromatic N) is 4. The molecule has 8 heteroatoms. The van der Waals surface area contributed by atoms with Crippen molar-refractivity contribution in [2.45, 2.75) is 0 Å². The quantitative estimate of drug-likeness (QED) is 0.402. The molecule has 0 amide bonds. The zero-order valence-corrected chi connectivity index (χ0v) is 15.3. The largest absolute Gasteiger partial charge is 0.376 e. The Bertz CT molecular complexity index is 1140. The molecule has 4 aromatic rings. The van der Waals surface area contributed by atoms with Gasteiger partial charge in [0, 0.05) is 19.8 Å². The lowest BCUT2D eigenvalue weighted by Gasteiger charge is -2.15. The van der Waals surface area contributed by atoms with E-state index >= 15 is 0 Å². The number of rotatable bonds is 5. The molecule has 8 nitrogen and oxygen atoms in total. The normalized spacial score (nSPS) is 10.8. The first-order chi connectivity index (χ1) is 13.5. The number of nitro groups is 1. The molecule has 0 aliphatic rings. The van der Waals surface area contributed by atoms with Gasteiger partial charge in [-0.25, -0.2) is 4.63 Å². The number of hydrogen-bond donors (Lipinski definition) is 1. The molecule has 0 spiro atoms. The van der Waals surface area contributed by atoms with Crippen molar-refractivity contribution in [2.24, 2.45) is 0 Å². The van der Waals surface area contributed by atoms with Crippen LogP contribution in [0.25, 0.3) is 22.2 Å². The Hall–Kier alpha value is -3.94. The van der Waals surface area contributed by atoms with Crippen LogP contribution in [0, 0.1) is 10.1 Å². The fraction of sp³-hybridized carbons (Fsp3) is 0.100. The van der Waals surface area contributed by atoms with Gasteiger partial charge in [0.05, 0.1) is 10.6 Å². The summed E-state index contributed by atoms with van der Waals surface area (Å²) in [6.45, 7) is 0. The highest BCUT2D eigenvalue weighted by atomic mass is 16.6. The SMILES string of the molecule is CN(C)c1cc(Nc2ccc(-c3ccccc3)cc2)c([N+](=O)[O-])c2nonc12. The lowest BCUT2D eigenvalue weighted by atomic mass is 10.1. The van der Waals surface area contributed by atoms with Gasteiger partial charge in [-0.15, -0.1) is 0 Å². The third kappa shape index (κ3) is 3.11. The Morgan fingerprint density at radius 2 is 1.61 bits per heavy atom. The van der Waals surface area contributed by atoms with Crippen molar-refractivity contribution < 1.29 is 9.55 Å². The van der Waals surface area contributed by atoms with Gasteiger partial charge in [-0.05, 0) is 39.6 Å². The van der Waals surface area contributed by atoms with Gasteiger partial charge in [-0.3, -0.25) is 10.1 Å². The number of fused-ring (bicyclic) bond motifs is 1. The summed E-state index contributed by atoms with van der Waals surface area (Å²) in [5, 5.41) is 22.4. The van der Waals surface area contributed by atoms with Gasteiger partial charge in [0.2, 0.25) is 5.52 Å². The van der Waals surface area contributed by atoms with Gasteiger partial charge in [0.25, 0.3) is 0 Å². The fourth-order valence-corrected chi connectivity index (χ4v) is 3.07. The Labute approximate surface area is 160 Å². The van der Waals surface area contributed by atoms with Gasteiger partial charge in [0.1, 0.15) is 5.69 Å². The maximum Gasteiger partial charge on any atom is 0.324 e. The van der Waals surface area contributed by atoms with Crippen molar-refractivity contribution in [3.63, 3.8) is 0 Å². The highest BCUT2D eigenvalue weighted by Gasteiger charge is 2.26. The van der Waals surface area contributed by atoms with Gasteiger partial charge in [-0.1, -0.05) is 42.5 Å². The molecular weight excluding hydrogens is 358 g/mol. The molecule has 0 aliphatic heterocycles. The summed E-state index contributed by atoms with van der Waals surface area (Å²) in [6.07, 6.45) is 0. The van der Waals surface area contributed by atoms with Crippen molar-refractivity contribution in [3.05, 3.63) is 70.8 Å². The highest BCUT2D eigenvalue weighted by molar-refractivity contribution is 6.00. The van der Waals surface area contributed by atoms with Crippen LogP contribution in [0.2, 0.25) is 0 Å². The molecule has 3 aromatic carbocycles. The van der Waals surface area contributed by atoms with Crippen molar-refractivity contribution in [2.75, 3.05) is 24.3 Å². The van der Waals surface area contributed by atoms with Crippen LogP contribution >= 0.6 is 0 Å². The third-order valence-corrected chi connectivity index (χ3v) is 4.43. The lowest BCUT2D eigenvalue weighted by molar-refractivity contribution is -0.382. The summed E-state index contributed by atoms with van der Waals surface area (Å²) >= 11 is 0. The van der Waals surface area contributed by atoms with Gasteiger partial charge in [0.15, 0.2) is 5.52 Å². The maximum atomic E-state index is 11.7. The van der Waals surface area contributed by atoms with Gasteiger partial charge < -0.3 is 10.2 Å². The Kier molecular flexibility index (Phi) is 4.36.